The Hall–Kier alpha value is -0.380. The summed E-state index contributed by atoms with van der Waals surface area (Å²) in [4.78, 5) is 2.96. The highest BCUT2D eigenvalue weighted by Gasteiger charge is 2.35. The molecule has 2 N–H and O–H groups in total. The zero-order valence-electron chi connectivity index (χ0n) is 12.8. The van der Waals surface area contributed by atoms with Crippen molar-refractivity contribution < 1.29 is 0 Å². The number of aryl methyl sites for hydroxylation is 1. The summed E-state index contributed by atoms with van der Waals surface area (Å²) in [7, 11) is 0. The smallest absolute Gasteiger partial charge is 0.0113 e. The molecule has 1 aromatic rings. The molecule has 4 unspecified atom stereocenters. The fraction of sp³-hybridized carbons (Fsp3) is 0.765. The molecule has 1 aliphatic heterocycles. The summed E-state index contributed by atoms with van der Waals surface area (Å²) in [5, 5.41) is 7.65. The molecule has 0 aromatic carbocycles. The second-order valence-electron chi connectivity index (χ2n) is 6.69. The second-order valence-corrected chi connectivity index (χ2v) is 8.06. The summed E-state index contributed by atoms with van der Waals surface area (Å²) >= 11 is 1.95. The molecule has 2 aliphatic rings. The first-order valence-corrected chi connectivity index (χ1v) is 9.09. The average Bonchev–Trinajstić information content (AvgIpc) is 3.10. The molecule has 1 aliphatic carbocycles. The van der Waals surface area contributed by atoms with Gasteiger partial charge in [-0.2, -0.15) is 0 Å². The minimum absolute atomic E-state index is 0.597. The molecule has 3 heteroatoms. The van der Waals surface area contributed by atoms with E-state index in [4.69, 9.17) is 0 Å². The standard InChI is InChI=1S/C17H28N2S/c1-12(11-14-9-8-13(2)20-14)19-17-6-3-5-15(17)16-7-4-10-18-16/h8-9,12,15-19H,3-7,10-11H2,1-2H3. The van der Waals surface area contributed by atoms with E-state index in [1.54, 1.807) is 0 Å². The highest BCUT2D eigenvalue weighted by molar-refractivity contribution is 7.11. The van der Waals surface area contributed by atoms with Gasteiger partial charge in [-0.3, -0.25) is 0 Å². The molecule has 1 saturated heterocycles. The first-order valence-electron chi connectivity index (χ1n) is 8.27. The van der Waals surface area contributed by atoms with E-state index in [2.05, 4.69) is 36.6 Å². The van der Waals surface area contributed by atoms with Crippen LogP contribution < -0.4 is 10.6 Å². The normalized spacial score (nSPS) is 31.8. The summed E-state index contributed by atoms with van der Waals surface area (Å²) in [5.41, 5.74) is 0. The number of hydrogen-bond donors (Lipinski definition) is 2. The molecule has 3 rings (SSSR count). The second kappa shape index (κ2) is 6.59. The number of rotatable bonds is 5. The van der Waals surface area contributed by atoms with Crippen molar-refractivity contribution in [2.24, 2.45) is 5.92 Å². The van der Waals surface area contributed by atoms with E-state index in [1.165, 1.54) is 54.8 Å². The molecule has 2 heterocycles. The Kier molecular flexibility index (Phi) is 4.79. The lowest BCUT2D eigenvalue weighted by Crippen LogP contribution is -2.45. The zero-order chi connectivity index (χ0) is 13.9. The minimum Gasteiger partial charge on any atom is -0.314 e. The van der Waals surface area contributed by atoms with Gasteiger partial charge in [0.25, 0.3) is 0 Å². The highest BCUT2D eigenvalue weighted by atomic mass is 32.1. The summed E-state index contributed by atoms with van der Waals surface area (Å²) in [6.45, 7) is 5.79. The third-order valence-corrected chi connectivity index (χ3v) is 6.01. The van der Waals surface area contributed by atoms with E-state index in [0.717, 1.165) is 18.0 Å². The van der Waals surface area contributed by atoms with Crippen LogP contribution in [0.3, 0.4) is 0 Å². The van der Waals surface area contributed by atoms with Crippen molar-refractivity contribution in [3.05, 3.63) is 21.9 Å². The predicted molar refractivity (Wildman–Crippen MR) is 87.5 cm³/mol. The van der Waals surface area contributed by atoms with Gasteiger partial charge in [0.15, 0.2) is 0 Å². The molecule has 1 saturated carbocycles. The van der Waals surface area contributed by atoms with Crippen LogP contribution >= 0.6 is 11.3 Å². The Labute approximate surface area is 127 Å². The molecule has 2 nitrogen and oxygen atoms in total. The fourth-order valence-electron chi connectivity index (χ4n) is 4.08. The number of thiophene rings is 1. The predicted octanol–water partition coefficient (Wildman–Crippen LogP) is 3.50. The Bertz CT molecular complexity index is 422. The van der Waals surface area contributed by atoms with Gasteiger partial charge in [-0.1, -0.05) is 6.42 Å². The van der Waals surface area contributed by atoms with Crippen molar-refractivity contribution >= 4 is 11.3 Å². The lowest BCUT2D eigenvalue weighted by atomic mass is 9.92. The molecule has 1 aromatic heterocycles. The largest absolute Gasteiger partial charge is 0.314 e. The first-order chi connectivity index (χ1) is 9.72. The van der Waals surface area contributed by atoms with Gasteiger partial charge < -0.3 is 10.6 Å². The maximum atomic E-state index is 3.93. The van der Waals surface area contributed by atoms with E-state index < -0.39 is 0 Å². The summed E-state index contributed by atoms with van der Waals surface area (Å²) in [6, 6.07) is 6.66. The highest BCUT2D eigenvalue weighted by Crippen LogP contribution is 2.32. The van der Waals surface area contributed by atoms with Gasteiger partial charge in [0.05, 0.1) is 0 Å². The van der Waals surface area contributed by atoms with Crippen LogP contribution in [0, 0.1) is 12.8 Å². The summed E-state index contributed by atoms with van der Waals surface area (Å²) < 4.78 is 0. The zero-order valence-corrected chi connectivity index (χ0v) is 13.6. The van der Waals surface area contributed by atoms with Crippen LogP contribution in [-0.2, 0) is 6.42 Å². The van der Waals surface area contributed by atoms with Gasteiger partial charge in [-0.25, -0.2) is 0 Å². The van der Waals surface area contributed by atoms with Gasteiger partial charge in [0.1, 0.15) is 0 Å². The van der Waals surface area contributed by atoms with Crippen LogP contribution in [0.1, 0.15) is 48.8 Å². The van der Waals surface area contributed by atoms with Gasteiger partial charge in [0.2, 0.25) is 0 Å². The molecular formula is C17H28N2S. The maximum absolute atomic E-state index is 3.93. The molecule has 0 spiro atoms. The molecular weight excluding hydrogens is 264 g/mol. The van der Waals surface area contributed by atoms with Crippen LogP contribution in [0.15, 0.2) is 12.1 Å². The monoisotopic (exact) mass is 292 g/mol. The average molecular weight is 292 g/mol. The van der Waals surface area contributed by atoms with Crippen molar-refractivity contribution in [2.45, 2.75) is 70.5 Å². The Balaban J connectivity index is 1.53. The summed E-state index contributed by atoms with van der Waals surface area (Å²) in [6.07, 6.45) is 8.14. The Morgan fingerprint density at radius 1 is 1.30 bits per heavy atom. The molecule has 4 atom stereocenters. The lowest BCUT2D eigenvalue weighted by molar-refractivity contribution is 0.302. The molecule has 0 radical (unpaired) electrons. The first kappa shape index (κ1) is 14.6. The van der Waals surface area contributed by atoms with E-state index in [0.29, 0.717) is 6.04 Å². The van der Waals surface area contributed by atoms with Crippen molar-refractivity contribution in [1.29, 1.82) is 0 Å². The Morgan fingerprint density at radius 3 is 2.90 bits per heavy atom. The Morgan fingerprint density at radius 2 is 2.20 bits per heavy atom. The minimum atomic E-state index is 0.597. The molecule has 112 valence electrons. The number of hydrogen-bond acceptors (Lipinski definition) is 3. The van der Waals surface area contributed by atoms with Gasteiger partial charge in [0, 0.05) is 27.9 Å². The third-order valence-electron chi connectivity index (χ3n) is 4.99. The third kappa shape index (κ3) is 3.44. The van der Waals surface area contributed by atoms with Gasteiger partial charge in [-0.05, 0) is 70.5 Å². The van der Waals surface area contributed by atoms with Crippen molar-refractivity contribution in [2.75, 3.05) is 6.54 Å². The van der Waals surface area contributed by atoms with Crippen molar-refractivity contribution in [1.82, 2.24) is 10.6 Å². The van der Waals surface area contributed by atoms with Crippen molar-refractivity contribution in [3.8, 4) is 0 Å². The molecule has 0 bridgehead atoms. The van der Waals surface area contributed by atoms with Crippen LogP contribution in [0.2, 0.25) is 0 Å². The lowest BCUT2D eigenvalue weighted by Gasteiger charge is -2.29. The molecule has 20 heavy (non-hydrogen) atoms. The fourth-order valence-corrected chi connectivity index (χ4v) is 5.09. The molecule has 2 fully saturated rings. The van der Waals surface area contributed by atoms with Crippen LogP contribution in [0.5, 0.6) is 0 Å². The van der Waals surface area contributed by atoms with E-state index in [-0.39, 0.29) is 0 Å². The van der Waals surface area contributed by atoms with Crippen LogP contribution in [0.25, 0.3) is 0 Å². The van der Waals surface area contributed by atoms with Gasteiger partial charge >= 0.3 is 0 Å². The quantitative estimate of drug-likeness (QED) is 0.868. The maximum Gasteiger partial charge on any atom is 0.0113 e. The van der Waals surface area contributed by atoms with Crippen LogP contribution in [-0.4, -0.2) is 24.7 Å². The molecule has 0 amide bonds. The van der Waals surface area contributed by atoms with Crippen LogP contribution in [0.4, 0.5) is 0 Å². The van der Waals surface area contributed by atoms with E-state index in [9.17, 15) is 0 Å². The van der Waals surface area contributed by atoms with Gasteiger partial charge in [-0.15, -0.1) is 11.3 Å². The topological polar surface area (TPSA) is 24.1 Å². The van der Waals surface area contributed by atoms with E-state index >= 15 is 0 Å². The SMILES string of the molecule is Cc1ccc(CC(C)NC2CCCC2C2CCCN2)s1. The van der Waals surface area contributed by atoms with Crippen molar-refractivity contribution in [3.63, 3.8) is 0 Å². The van der Waals surface area contributed by atoms with E-state index in [1.807, 2.05) is 11.3 Å². The number of nitrogens with one attached hydrogen (secondary N) is 2. The summed E-state index contributed by atoms with van der Waals surface area (Å²) in [5.74, 6) is 0.866.